The first-order chi connectivity index (χ1) is 9.20. The first kappa shape index (κ1) is 13.7. The van der Waals surface area contributed by atoms with Crippen LogP contribution in [0.3, 0.4) is 0 Å². The standard InChI is InChI=1S/C14H16O5/c15-9-12-5-4-11(14(16)17)8-10(12)2-1-3-13-18-6-7-19-13/h4-5,8-9,13H,1-3,6-7H2,(H,16,17). The van der Waals surface area contributed by atoms with Gasteiger partial charge >= 0.3 is 5.97 Å². The van der Waals surface area contributed by atoms with Crippen molar-refractivity contribution in [1.29, 1.82) is 0 Å². The highest BCUT2D eigenvalue weighted by Crippen LogP contribution is 2.16. The number of hydrogen-bond acceptors (Lipinski definition) is 4. The van der Waals surface area contributed by atoms with Crippen molar-refractivity contribution >= 4 is 12.3 Å². The number of aryl methyl sites for hydroxylation is 1. The molecule has 0 aromatic heterocycles. The van der Waals surface area contributed by atoms with E-state index >= 15 is 0 Å². The predicted molar refractivity (Wildman–Crippen MR) is 67.4 cm³/mol. The molecule has 1 fully saturated rings. The zero-order valence-corrected chi connectivity index (χ0v) is 10.5. The van der Waals surface area contributed by atoms with Gasteiger partial charge in [-0.2, -0.15) is 0 Å². The van der Waals surface area contributed by atoms with E-state index in [1.807, 2.05) is 0 Å². The maximum atomic E-state index is 10.9. The summed E-state index contributed by atoms with van der Waals surface area (Å²) in [5.41, 5.74) is 1.50. The van der Waals surface area contributed by atoms with Gasteiger partial charge in [0.1, 0.15) is 6.29 Å². The molecule has 0 atom stereocenters. The minimum absolute atomic E-state index is 0.165. The third-order valence-corrected chi connectivity index (χ3v) is 3.09. The van der Waals surface area contributed by atoms with Gasteiger partial charge < -0.3 is 14.6 Å². The maximum absolute atomic E-state index is 10.9. The minimum atomic E-state index is -0.985. The molecule has 1 N–H and O–H groups in total. The number of aldehydes is 1. The Morgan fingerprint density at radius 1 is 1.37 bits per heavy atom. The van der Waals surface area contributed by atoms with E-state index in [1.165, 1.54) is 6.07 Å². The van der Waals surface area contributed by atoms with E-state index in [-0.39, 0.29) is 11.9 Å². The number of benzene rings is 1. The second-order valence-corrected chi connectivity index (χ2v) is 4.40. The van der Waals surface area contributed by atoms with Crippen molar-refractivity contribution in [3.05, 3.63) is 34.9 Å². The van der Waals surface area contributed by atoms with Crippen LogP contribution in [0.5, 0.6) is 0 Å². The molecule has 0 unspecified atom stereocenters. The average molecular weight is 264 g/mol. The highest BCUT2D eigenvalue weighted by molar-refractivity contribution is 5.89. The molecule has 0 amide bonds. The molecule has 0 spiro atoms. The Morgan fingerprint density at radius 2 is 2.11 bits per heavy atom. The molecule has 1 saturated heterocycles. The molecule has 1 heterocycles. The Labute approximate surface area is 111 Å². The molecule has 5 heteroatoms. The highest BCUT2D eigenvalue weighted by atomic mass is 16.7. The zero-order valence-electron chi connectivity index (χ0n) is 10.5. The van der Waals surface area contributed by atoms with Crippen LogP contribution in [0.2, 0.25) is 0 Å². The van der Waals surface area contributed by atoms with Crippen molar-refractivity contribution in [2.45, 2.75) is 25.6 Å². The van der Waals surface area contributed by atoms with E-state index in [1.54, 1.807) is 12.1 Å². The summed E-state index contributed by atoms with van der Waals surface area (Å²) in [6.07, 6.45) is 2.76. The number of ether oxygens (including phenoxy) is 2. The molecule has 0 aliphatic carbocycles. The quantitative estimate of drug-likeness (QED) is 0.794. The van der Waals surface area contributed by atoms with E-state index in [0.29, 0.717) is 25.2 Å². The number of carboxylic acids is 1. The lowest BCUT2D eigenvalue weighted by Gasteiger charge is -2.10. The van der Waals surface area contributed by atoms with Gasteiger partial charge in [-0.25, -0.2) is 4.79 Å². The van der Waals surface area contributed by atoms with Crippen molar-refractivity contribution in [3.8, 4) is 0 Å². The van der Waals surface area contributed by atoms with Crippen LogP contribution in [0.1, 0.15) is 39.1 Å². The van der Waals surface area contributed by atoms with Crippen molar-refractivity contribution in [3.63, 3.8) is 0 Å². The Kier molecular flexibility index (Phi) is 4.65. The first-order valence-corrected chi connectivity index (χ1v) is 6.25. The number of carbonyl (C=O) groups is 2. The van der Waals surface area contributed by atoms with Gasteiger partial charge in [0.05, 0.1) is 18.8 Å². The van der Waals surface area contributed by atoms with E-state index in [4.69, 9.17) is 14.6 Å². The van der Waals surface area contributed by atoms with Crippen molar-refractivity contribution in [1.82, 2.24) is 0 Å². The van der Waals surface area contributed by atoms with Gasteiger partial charge in [0.25, 0.3) is 0 Å². The summed E-state index contributed by atoms with van der Waals surface area (Å²) < 4.78 is 10.6. The molecular formula is C14H16O5. The number of hydrogen-bond donors (Lipinski definition) is 1. The summed E-state index contributed by atoms with van der Waals surface area (Å²) in [7, 11) is 0. The molecule has 1 aromatic rings. The lowest BCUT2D eigenvalue weighted by Crippen LogP contribution is -2.08. The summed E-state index contributed by atoms with van der Waals surface area (Å²) >= 11 is 0. The summed E-state index contributed by atoms with van der Waals surface area (Å²) in [6.45, 7) is 1.25. The summed E-state index contributed by atoms with van der Waals surface area (Å²) in [6, 6.07) is 4.55. The monoisotopic (exact) mass is 264 g/mol. The fourth-order valence-electron chi connectivity index (χ4n) is 2.10. The molecule has 0 radical (unpaired) electrons. The normalized spacial score (nSPS) is 15.6. The fraction of sp³-hybridized carbons (Fsp3) is 0.429. The van der Waals surface area contributed by atoms with Crippen LogP contribution in [0.25, 0.3) is 0 Å². The van der Waals surface area contributed by atoms with E-state index in [2.05, 4.69) is 0 Å². The Balaban J connectivity index is 1.98. The number of carbonyl (C=O) groups excluding carboxylic acids is 1. The van der Waals surface area contributed by atoms with Crippen molar-refractivity contribution in [2.75, 3.05) is 13.2 Å². The SMILES string of the molecule is O=Cc1ccc(C(=O)O)cc1CCCC1OCCO1. The second-order valence-electron chi connectivity index (χ2n) is 4.40. The van der Waals surface area contributed by atoms with Gasteiger partial charge in [0, 0.05) is 5.56 Å². The molecule has 1 aromatic carbocycles. The van der Waals surface area contributed by atoms with E-state index < -0.39 is 5.97 Å². The van der Waals surface area contributed by atoms with Gasteiger partial charge in [-0.15, -0.1) is 0 Å². The Bertz CT molecular complexity index is 463. The van der Waals surface area contributed by atoms with Crippen LogP contribution in [0, 0.1) is 0 Å². The van der Waals surface area contributed by atoms with Crippen LogP contribution in [0.15, 0.2) is 18.2 Å². The molecule has 1 aliphatic heterocycles. The maximum Gasteiger partial charge on any atom is 0.335 e. The molecule has 102 valence electrons. The van der Waals surface area contributed by atoms with Crippen LogP contribution < -0.4 is 0 Å². The lowest BCUT2D eigenvalue weighted by molar-refractivity contribution is -0.0475. The molecule has 19 heavy (non-hydrogen) atoms. The van der Waals surface area contributed by atoms with Gasteiger partial charge in [-0.05, 0) is 37.0 Å². The lowest BCUT2D eigenvalue weighted by atomic mass is 9.99. The molecule has 2 rings (SSSR count). The van der Waals surface area contributed by atoms with Crippen LogP contribution >= 0.6 is 0 Å². The largest absolute Gasteiger partial charge is 0.478 e. The number of carboxylic acid groups (broad SMARTS) is 1. The third-order valence-electron chi connectivity index (χ3n) is 3.09. The summed E-state index contributed by atoms with van der Waals surface area (Å²) in [5, 5.41) is 8.94. The molecule has 5 nitrogen and oxygen atoms in total. The summed E-state index contributed by atoms with van der Waals surface area (Å²) in [5.74, 6) is -0.985. The predicted octanol–water partition coefficient (Wildman–Crippen LogP) is 1.89. The topological polar surface area (TPSA) is 72.8 Å². The van der Waals surface area contributed by atoms with Crippen molar-refractivity contribution in [2.24, 2.45) is 0 Å². The second kappa shape index (κ2) is 6.45. The smallest absolute Gasteiger partial charge is 0.335 e. The van der Waals surface area contributed by atoms with Gasteiger partial charge in [0.15, 0.2) is 6.29 Å². The first-order valence-electron chi connectivity index (χ1n) is 6.25. The van der Waals surface area contributed by atoms with Crippen LogP contribution in [-0.4, -0.2) is 36.9 Å². The minimum Gasteiger partial charge on any atom is -0.478 e. The highest BCUT2D eigenvalue weighted by Gasteiger charge is 2.15. The van der Waals surface area contributed by atoms with Gasteiger partial charge in [0.2, 0.25) is 0 Å². The van der Waals surface area contributed by atoms with E-state index in [9.17, 15) is 9.59 Å². The Morgan fingerprint density at radius 3 is 2.74 bits per heavy atom. The summed E-state index contributed by atoms with van der Waals surface area (Å²) in [4.78, 5) is 21.8. The third kappa shape index (κ3) is 3.62. The molecule has 1 aliphatic rings. The molecule has 0 bridgehead atoms. The fourth-order valence-corrected chi connectivity index (χ4v) is 2.10. The molecular weight excluding hydrogens is 248 g/mol. The van der Waals surface area contributed by atoms with Gasteiger partial charge in [-0.3, -0.25) is 4.79 Å². The Hall–Kier alpha value is -1.72. The van der Waals surface area contributed by atoms with Gasteiger partial charge in [-0.1, -0.05) is 6.07 Å². The average Bonchev–Trinajstić information content (AvgIpc) is 2.91. The van der Waals surface area contributed by atoms with Crippen LogP contribution in [-0.2, 0) is 15.9 Å². The number of rotatable bonds is 6. The van der Waals surface area contributed by atoms with Crippen molar-refractivity contribution < 1.29 is 24.2 Å². The van der Waals surface area contributed by atoms with E-state index in [0.717, 1.165) is 24.7 Å². The number of aromatic carboxylic acids is 1. The zero-order chi connectivity index (χ0) is 13.7. The van der Waals surface area contributed by atoms with Crippen LogP contribution in [0.4, 0.5) is 0 Å². The molecule has 0 saturated carbocycles.